The maximum Gasteiger partial charge on any atom is 0.407 e. The molecule has 0 aromatic rings. The lowest BCUT2D eigenvalue weighted by molar-refractivity contribution is 0.0125. The van der Waals surface area contributed by atoms with Crippen molar-refractivity contribution in [2.45, 2.75) is 47.0 Å². The van der Waals surface area contributed by atoms with Crippen LogP contribution in [-0.2, 0) is 4.74 Å². The number of carbonyl (C=O) groups is 1. The summed E-state index contributed by atoms with van der Waals surface area (Å²) < 4.78 is 5.16. The average molecular weight is 245 g/mol. The largest absolute Gasteiger partial charge is 0.449 e. The molecule has 0 heterocycles. The molecule has 0 saturated heterocycles. The zero-order chi connectivity index (χ0) is 13.3. The molecule has 17 heavy (non-hydrogen) atoms. The van der Waals surface area contributed by atoms with Crippen molar-refractivity contribution in [1.82, 2.24) is 5.32 Å². The van der Waals surface area contributed by atoms with Crippen LogP contribution in [0.25, 0.3) is 0 Å². The van der Waals surface area contributed by atoms with Gasteiger partial charge in [0.1, 0.15) is 6.61 Å². The van der Waals surface area contributed by atoms with Crippen molar-refractivity contribution in [2.24, 2.45) is 11.3 Å². The normalized spacial score (nSPS) is 16.1. The molecule has 0 aliphatic heterocycles. The SMILES string of the molecule is CCCCNC(=O)OC[C@@](C)(CO)[C@@H](C)CC. The molecule has 0 saturated carbocycles. The minimum atomic E-state index is -0.388. The van der Waals surface area contributed by atoms with Gasteiger partial charge in [0.15, 0.2) is 0 Å². The summed E-state index contributed by atoms with van der Waals surface area (Å²) in [6.45, 7) is 9.09. The second kappa shape index (κ2) is 8.34. The summed E-state index contributed by atoms with van der Waals surface area (Å²) in [5.41, 5.74) is -0.350. The van der Waals surface area contributed by atoms with Gasteiger partial charge in [0.05, 0.1) is 6.61 Å². The summed E-state index contributed by atoms with van der Waals surface area (Å²) >= 11 is 0. The number of ether oxygens (including phenoxy) is 1. The van der Waals surface area contributed by atoms with E-state index in [1.165, 1.54) is 0 Å². The maximum atomic E-state index is 11.4. The molecule has 0 aromatic carbocycles. The number of hydrogen-bond acceptors (Lipinski definition) is 3. The second-order valence-electron chi connectivity index (χ2n) is 4.98. The fraction of sp³-hybridized carbons (Fsp3) is 0.923. The van der Waals surface area contributed by atoms with E-state index in [1.54, 1.807) is 0 Å². The van der Waals surface area contributed by atoms with Crippen LogP contribution < -0.4 is 5.32 Å². The van der Waals surface area contributed by atoms with E-state index in [1.807, 2.05) is 6.92 Å². The monoisotopic (exact) mass is 245 g/mol. The minimum absolute atomic E-state index is 0.0320. The van der Waals surface area contributed by atoms with E-state index < -0.39 is 0 Å². The summed E-state index contributed by atoms with van der Waals surface area (Å²) in [6.07, 6.45) is 2.57. The van der Waals surface area contributed by atoms with Gasteiger partial charge in [-0.1, -0.05) is 40.5 Å². The van der Waals surface area contributed by atoms with Crippen molar-refractivity contribution in [3.8, 4) is 0 Å². The van der Waals surface area contributed by atoms with Crippen LogP contribution in [0.15, 0.2) is 0 Å². The molecule has 4 heteroatoms. The summed E-state index contributed by atoms with van der Waals surface area (Å²) in [5, 5.41) is 12.1. The Balaban J connectivity index is 4.01. The van der Waals surface area contributed by atoms with E-state index in [9.17, 15) is 9.90 Å². The number of carbonyl (C=O) groups excluding carboxylic acids is 1. The quantitative estimate of drug-likeness (QED) is 0.646. The van der Waals surface area contributed by atoms with E-state index >= 15 is 0 Å². The molecule has 4 nitrogen and oxygen atoms in total. The Hall–Kier alpha value is -0.770. The van der Waals surface area contributed by atoms with Crippen LogP contribution in [0.2, 0.25) is 0 Å². The Morgan fingerprint density at radius 3 is 2.59 bits per heavy atom. The highest BCUT2D eigenvalue weighted by molar-refractivity contribution is 5.67. The number of aliphatic hydroxyl groups excluding tert-OH is 1. The van der Waals surface area contributed by atoms with Gasteiger partial charge in [-0.05, 0) is 12.3 Å². The highest BCUT2D eigenvalue weighted by atomic mass is 16.5. The zero-order valence-electron chi connectivity index (χ0n) is 11.6. The smallest absolute Gasteiger partial charge is 0.407 e. The average Bonchev–Trinajstić information content (AvgIpc) is 2.35. The Morgan fingerprint density at radius 2 is 2.12 bits per heavy atom. The lowest BCUT2D eigenvalue weighted by Gasteiger charge is -2.32. The van der Waals surface area contributed by atoms with Crippen molar-refractivity contribution < 1.29 is 14.6 Å². The van der Waals surface area contributed by atoms with Gasteiger partial charge in [-0.15, -0.1) is 0 Å². The Bertz CT molecular complexity index is 221. The predicted octanol–water partition coefficient (Wildman–Crippen LogP) is 2.56. The van der Waals surface area contributed by atoms with E-state index in [0.717, 1.165) is 19.3 Å². The van der Waals surface area contributed by atoms with Gasteiger partial charge < -0.3 is 15.2 Å². The zero-order valence-corrected chi connectivity index (χ0v) is 11.6. The molecule has 0 aliphatic carbocycles. The van der Waals surface area contributed by atoms with Crippen LogP contribution in [0.3, 0.4) is 0 Å². The van der Waals surface area contributed by atoms with Crippen LogP contribution in [0.1, 0.15) is 47.0 Å². The van der Waals surface area contributed by atoms with Crippen LogP contribution in [0.4, 0.5) is 4.79 Å². The molecule has 1 amide bonds. The van der Waals surface area contributed by atoms with Crippen LogP contribution >= 0.6 is 0 Å². The Morgan fingerprint density at radius 1 is 1.47 bits per heavy atom. The number of rotatable bonds is 8. The van der Waals surface area contributed by atoms with Gasteiger partial charge in [0.2, 0.25) is 0 Å². The van der Waals surface area contributed by atoms with Gasteiger partial charge in [-0.25, -0.2) is 4.79 Å². The summed E-state index contributed by atoms with van der Waals surface area (Å²) in [4.78, 5) is 11.4. The van der Waals surface area contributed by atoms with E-state index in [-0.39, 0.29) is 24.7 Å². The first kappa shape index (κ1) is 16.2. The van der Waals surface area contributed by atoms with E-state index in [4.69, 9.17) is 4.74 Å². The first-order chi connectivity index (χ1) is 8.00. The molecule has 2 N–H and O–H groups in total. The lowest BCUT2D eigenvalue weighted by Crippen LogP contribution is -2.37. The number of unbranched alkanes of at least 4 members (excludes halogenated alkanes) is 1. The molecular formula is C13H27NO3. The molecule has 102 valence electrons. The third-order valence-electron chi connectivity index (χ3n) is 3.50. The maximum absolute atomic E-state index is 11.4. The van der Waals surface area contributed by atoms with Crippen molar-refractivity contribution in [3.63, 3.8) is 0 Å². The van der Waals surface area contributed by atoms with Gasteiger partial charge in [-0.3, -0.25) is 0 Å². The van der Waals surface area contributed by atoms with Crippen LogP contribution in [-0.4, -0.2) is 31.0 Å². The number of aliphatic hydroxyl groups is 1. The summed E-state index contributed by atoms with van der Waals surface area (Å²) in [6, 6.07) is 0. The fourth-order valence-electron chi connectivity index (χ4n) is 1.49. The molecule has 2 atom stereocenters. The molecular weight excluding hydrogens is 218 g/mol. The van der Waals surface area contributed by atoms with E-state index in [0.29, 0.717) is 12.5 Å². The Kier molecular flexibility index (Phi) is 7.96. The number of hydrogen-bond donors (Lipinski definition) is 2. The van der Waals surface area contributed by atoms with E-state index in [2.05, 4.69) is 26.1 Å². The topological polar surface area (TPSA) is 58.6 Å². The van der Waals surface area contributed by atoms with Gasteiger partial charge in [-0.2, -0.15) is 0 Å². The van der Waals surface area contributed by atoms with Crippen molar-refractivity contribution in [3.05, 3.63) is 0 Å². The van der Waals surface area contributed by atoms with Gasteiger partial charge in [0.25, 0.3) is 0 Å². The highest BCUT2D eigenvalue weighted by Crippen LogP contribution is 2.29. The third-order valence-corrected chi connectivity index (χ3v) is 3.50. The first-order valence-electron chi connectivity index (χ1n) is 6.51. The summed E-state index contributed by atoms with van der Waals surface area (Å²) in [7, 11) is 0. The van der Waals surface area contributed by atoms with Gasteiger partial charge >= 0.3 is 6.09 Å². The molecule has 0 fully saturated rings. The van der Waals surface area contributed by atoms with Crippen LogP contribution in [0, 0.1) is 11.3 Å². The number of alkyl carbamates (subject to hydrolysis) is 1. The van der Waals surface area contributed by atoms with Crippen LogP contribution in [0.5, 0.6) is 0 Å². The number of amides is 1. The molecule has 0 bridgehead atoms. The second-order valence-corrected chi connectivity index (χ2v) is 4.98. The van der Waals surface area contributed by atoms with Crippen molar-refractivity contribution in [1.29, 1.82) is 0 Å². The molecule has 0 rings (SSSR count). The molecule has 0 unspecified atom stereocenters. The third kappa shape index (κ3) is 5.91. The number of nitrogens with one attached hydrogen (secondary N) is 1. The first-order valence-corrected chi connectivity index (χ1v) is 6.51. The van der Waals surface area contributed by atoms with Gasteiger partial charge in [0, 0.05) is 12.0 Å². The molecule has 0 aliphatic rings. The minimum Gasteiger partial charge on any atom is -0.449 e. The summed E-state index contributed by atoms with van der Waals surface area (Å²) in [5.74, 6) is 0.316. The fourth-order valence-corrected chi connectivity index (χ4v) is 1.49. The molecule has 0 aromatic heterocycles. The standard InChI is InChI=1S/C13H27NO3/c1-5-7-8-14-12(16)17-10-13(4,9-15)11(3)6-2/h11,15H,5-10H2,1-4H3,(H,14,16)/t11-,13+/m0/s1. The highest BCUT2D eigenvalue weighted by Gasteiger charge is 2.31. The van der Waals surface area contributed by atoms with Crippen molar-refractivity contribution >= 4 is 6.09 Å². The Labute approximate surface area is 105 Å². The lowest BCUT2D eigenvalue weighted by atomic mass is 9.78. The molecule has 0 radical (unpaired) electrons. The predicted molar refractivity (Wildman–Crippen MR) is 68.9 cm³/mol. The molecule has 0 spiro atoms. The van der Waals surface area contributed by atoms with Crippen molar-refractivity contribution in [2.75, 3.05) is 19.8 Å².